The Kier molecular flexibility index (Phi) is 3.34. The van der Waals surface area contributed by atoms with Gasteiger partial charge in [-0.3, -0.25) is 0 Å². The van der Waals surface area contributed by atoms with Crippen molar-refractivity contribution in [3.05, 3.63) is 35.8 Å². The summed E-state index contributed by atoms with van der Waals surface area (Å²) in [5, 5.41) is 10.3. The first-order valence-electron chi connectivity index (χ1n) is 5.53. The van der Waals surface area contributed by atoms with E-state index in [1.165, 1.54) is 13.2 Å². The van der Waals surface area contributed by atoms with E-state index in [2.05, 4.69) is 4.74 Å². The zero-order valence-corrected chi connectivity index (χ0v) is 10.2. The number of aromatic nitrogens is 1. The fourth-order valence-electron chi connectivity index (χ4n) is 2.09. The first kappa shape index (κ1) is 12.6. The lowest BCUT2D eigenvalue weighted by atomic mass is 10.1. The van der Waals surface area contributed by atoms with E-state index in [4.69, 9.17) is 0 Å². The number of ether oxygens (including phenoxy) is 1. The monoisotopic (exact) mass is 251 g/mol. The zero-order valence-electron chi connectivity index (χ0n) is 10.2. The van der Waals surface area contributed by atoms with Gasteiger partial charge in [-0.15, -0.1) is 0 Å². The van der Waals surface area contributed by atoms with E-state index in [1.807, 2.05) is 0 Å². The molecule has 5 heteroatoms. The Morgan fingerprint density at radius 1 is 1.56 bits per heavy atom. The Morgan fingerprint density at radius 2 is 2.28 bits per heavy atom. The molecule has 0 unspecified atom stereocenters. The molecule has 1 aromatic heterocycles. The lowest BCUT2D eigenvalue weighted by Gasteiger charge is -2.06. The van der Waals surface area contributed by atoms with Gasteiger partial charge in [0.1, 0.15) is 5.82 Å². The summed E-state index contributed by atoms with van der Waals surface area (Å²) in [5.41, 5.74) is 1.18. The number of esters is 1. The van der Waals surface area contributed by atoms with Crippen molar-refractivity contribution < 1.29 is 19.0 Å². The minimum Gasteiger partial charge on any atom is -0.467 e. The fourth-order valence-corrected chi connectivity index (χ4v) is 2.09. The van der Waals surface area contributed by atoms with Crippen LogP contribution in [0.25, 0.3) is 10.9 Å². The van der Waals surface area contributed by atoms with E-state index < -0.39 is 12.1 Å². The number of methoxy groups -OCH3 is 1. The number of fused-ring (bicyclic) bond motifs is 1. The van der Waals surface area contributed by atoms with Gasteiger partial charge in [0.15, 0.2) is 6.10 Å². The molecular formula is C13H14FNO3. The molecule has 4 nitrogen and oxygen atoms in total. The van der Waals surface area contributed by atoms with Crippen LogP contribution in [0.2, 0.25) is 0 Å². The first-order chi connectivity index (χ1) is 8.54. The highest BCUT2D eigenvalue weighted by atomic mass is 19.1. The van der Waals surface area contributed by atoms with E-state index >= 15 is 0 Å². The molecule has 0 aliphatic heterocycles. The third-order valence-electron chi connectivity index (χ3n) is 2.92. The minimum atomic E-state index is -1.23. The highest BCUT2D eigenvalue weighted by molar-refractivity contribution is 5.85. The van der Waals surface area contributed by atoms with Crippen molar-refractivity contribution in [3.8, 4) is 0 Å². The quantitative estimate of drug-likeness (QED) is 0.839. The number of benzene rings is 1. The van der Waals surface area contributed by atoms with Crippen molar-refractivity contribution in [2.24, 2.45) is 7.05 Å². The topological polar surface area (TPSA) is 51.5 Å². The third kappa shape index (κ3) is 2.09. The van der Waals surface area contributed by atoms with Gasteiger partial charge in [0.2, 0.25) is 0 Å². The molecule has 0 aliphatic carbocycles. The number of aryl methyl sites for hydroxylation is 1. The molecule has 0 spiro atoms. The second-order valence-corrected chi connectivity index (χ2v) is 4.14. The number of carbonyl (C=O) groups excluding carboxylic acids is 1. The van der Waals surface area contributed by atoms with Crippen LogP contribution in [0.4, 0.5) is 4.39 Å². The van der Waals surface area contributed by atoms with Crippen LogP contribution in [0.3, 0.4) is 0 Å². The maximum atomic E-state index is 13.6. The number of rotatable bonds is 3. The molecule has 0 radical (unpaired) electrons. The summed E-state index contributed by atoms with van der Waals surface area (Å²) < 4.78 is 19.7. The van der Waals surface area contributed by atoms with E-state index in [1.54, 1.807) is 29.9 Å². The summed E-state index contributed by atoms with van der Waals surface area (Å²) in [4.78, 5) is 11.2. The normalized spacial score (nSPS) is 12.7. The number of halogens is 1. The third-order valence-corrected chi connectivity index (χ3v) is 2.92. The molecule has 2 rings (SSSR count). The van der Waals surface area contributed by atoms with Crippen LogP contribution >= 0.6 is 0 Å². The summed E-state index contributed by atoms with van der Waals surface area (Å²) in [7, 11) is 2.94. The fraction of sp³-hybridized carbons (Fsp3) is 0.308. The van der Waals surface area contributed by atoms with Gasteiger partial charge in [-0.2, -0.15) is 0 Å². The number of aliphatic hydroxyl groups excluding tert-OH is 1. The number of hydrogen-bond donors (Lipinski definition) is 1. The van der Waals surface area contributed by atoms with Gasteiger partial charge in [0.25, 0.3) is 0 Å². The maximum Gasteiger partial charge on any atom is 0.335 e. The van der Waals surface area contributed by atoms with Crippen molar-refractivity contribution in [3.63, 3.8) is 0 Å². The molecule has 18 heavy (non-hydrogen) atoms. The lowest BCUT2D eigenvalue weighted by Crippen LogP contribution is -2.23. The molecule has 0 saturated carbocycles. The molecule has 96 valence electrons. The van der Waals surface area contributed by atoms with E-state index in [-0.39, 0.29) is 12.2 Å². The van der Waals surface area contributed by atoms with E-state index in [0.717, 1.165) is 0 Å². The summed E-state index contributed by atoms with van der Waals surface area (Å²) in [6.45, 7) is 0. The maximum absolute atomic E-state index is 13.6. The molecule has 1 heterocycles. The van der Waals surface area contributed by atoms with Crippen molar-refractivity contribution >= 4 is 16.9 Å². The summed E-state index contributed by atoms with van der Waals surface area (Å²) in [6.07, 6.45) is 0.580. The van der Waals surface area contributed by atoms with Gasteiger partial charge in [-0.1, -0.05) is 12.1 Å². The van der Waals surface area contributed by atoms with Gasteiger partial charge in [-0.05, 0) is 11.6 Å². The van der Waals surface area contributed by atoms with Crippen LogP contribution in [0.15, 0.2) is 24.4 Å². The van der Waals surface area contributed by atoms with Crippen molar-refractivity contribution in [1.29, 1.82) is 0 Å². The Hall–Kier alpha value is -1.88. The number of nitrogens with zero attached hydrogens (tertiary/aromatic N) is 1. The van der Waals surface area contributed by atoms with Crippen molar-refractivity contribution in [2.45, 2.75) is 12.5 Å². The Bertz CT molecular complexity index is 591. The molecule has 0 saturated heterocycles. The van der Waals surface area contributed by atoms with Gasteiger partial charge in [-0.25, -0.2) is 9.18 Å². The molecule has 0 fully saturated rings. The summed E-state index contributed by atoms with van der Waals surface area (Å²) in [6, 6.07) is 4.74. The van der Waals surface area contributed by atoms with Gasteiger partial charge >= 0.3 is 5.97 Å². The lowest BCUT2D eigenvalue weighted by molar-refractivity contribution is -0.150. The highest BCUT2D eigenvalue weighted by Crippen LogP contribution is 2.24. The second-order valence-electron chi connectivity index (χ2n) is 4.14. The smallest absolute Gasteiger partial charge is 0.335 e. The molecule has 1 N–H and O–H groups in total. The first-order valence-corrected chi connectivity index (χ1v) is 5.53. The summed E-state index contributed by atoms with van der Waals surface area (Å²) in [5.74, 6) is -1.02. The average Bonchev–Trinajstić information content (AvgIpc) is 2.66. The minimum absolute atomic E-state index is 0.105. The van der Waals surface area contributed by atoms with E-state index in [9.17, 15) is 14.3 Å². The van der Waals surface area contributed by atoms with Crippen LogP contribution in [-0.4, -0.2) is 28.9 Å². The largest absolute Gasteiger partial charge is 0.467 e. The number of hydrogen-bond acceptors (Lipinski definition) is 3. The van der Waals surface area contributed by atoms with E-state index in [0.29, 0.717) is 16.5 Å². The Labute approximate surface area is 104 Å². The zero-order chi connectivity index (χ0) is 13.3. The van der Waals surface area contributed by atoms with Gasteiger partial charge < -0.3 is 14.4 Å². The van der Waals surface area contributed by atoms with Crippen molar-refractivity contribution in [1.82, 2.24) is 4.57 Å². The number of aliphatic hydroxyl groups is 1. The molecule has 2 aromatic rings. The predicted octanol–water partition coefficient (Wildman–Crippen LogP) is 1.39. The standard InChI is InChI=1S/C13H14FNO3/c1-15-7-8(6-11(16)13(17)18-2)9-4-3-5-10(14)12(9)15/h3-5,7,11,16H,6H2,1-2H3/t11-/m0/s1. The molecule has 0 bridgehead atoms. The highest BCUT2D eigenvalue weighted by Gasteiger charge is 2.19. The summed E-state index contributed by atoms with van der Waals surface area (Å²) >= 11 is 0. The molecule has 0 aliphatic rings. The molecule has 1 atom stereocenters. The Morgan fingerprint density at radius 3 is 2.94 bits per heavy atom. The average molecular weight is 251 g/mol. The van der Waals surface area contributed by atoms with Crippen LogP contribution in [-0.2, 0) is 23.0 Å². The van der Waals surface area contributed by atoms with Gasteiger partial charge in [0, 0.05) is 25.1 Å². The van der Waals surface area contributed by atoms with Crippen LogP contribution in [0.5, 0.6) is 0 Å². The molecule has 1 aromatic carbocycles. The predicted molar refractivity (Wildman–Crippen MR) is 64.6 cm³/mol. The SMILES string of the molecule is COC(=O)[C@@H](O)Cc1cn(C)c2c(F)cccc12. The van der Waals surface area contributed by atoms with Crippen LogP contribution in [0, 0.1) is 5.82 Å². The Balaban J connectivity index is 2.41. The van der Waals surface area contributed by atoms with Crippen LogP contribution in [0.1, 0.15) is 5.56 Å². The van der Waals surface area contributed by atoms with Crippen molar-refractivity contribution in [2.75, 3.05) is 7.11 Å². The van der Waals surface area contributed by atoms with Crippen LogP contribution < -0.4 is 0 Å². The molecule has 0 amide bonds. The molecular weight excluding hydrogens is 237 g/mol. The number of carbonyl (C=O) groups is 1. The number of para-hydroxylation sites is 1. The van der Waals surface area contributed by atoms with Gasteiger partial charge in [0.05, 0.1) is 12.6 Å². The second kappa shape index (κ2) is 4.78.